The zero-order valence-electron chi connectivity index (χ0n) is 18.4. The van der Waals surface area contributed by atoms with Crippen molar-refractivity contribution in [2.75, 3.05) is 22.9 Å². The van der Waals surface area contributed by atoms with Crippen LogP contribution in [0.3, 0.4) is 0 Å². The van der Waals surface area contributed by atoms with E-state index in [-0.39, 0.29) is 37.0 Å². The first-order valence-corrected chi connectivity index (χ1v) is 10.9. The Morgan fingerprint density at radius 2 is 1.48 bits per heavy atom. The number of para-hydroxylation sites is 2. The highest BCUT2D eigenvalue weighted by atomic mass is 16.2. The molecule has 3 aromatic rings. The average Bonchev–Trinajstić information content (AvgIpc) is 2.85. The van der Waals surface area contributed by atoms with Crippen molar-refractivity contribution in [3.63, 3.8) is 0 Å². The smallest absolute Gasteiger partial charge is 0.322 e. The molecule has 33 heavy (non-hydrogen) atoms. The van der Waals surface area contributed by atoms with Gasteiger partial charge in [0.05, 0.1) is 17.4 Å². The number of rotatable bonds is 6. The van der Waals surface area contributed by atoms with Gasteiger partial charge >= 0.3 is 6.03 Å². The second kappa shape index (κ2) is 9.99. The molecule has 0 saturated heterocycles. The highest BCUT2D eigenvalue weighted by Gasteiger charge is 2.33. The van der Waals surface area contributed by atoms with Crippen molar-refractivity contribution in [3.8, 4) is 0 Å². The van der Waals surface area contributed by atoms with E-state index in [1.54, 1.807) is 18.2 Å². The third-order valence-corrected chi connectivity index (χ3v) is 5.57. The average molecular weight is 443 g/mol. The fourth-order valence-electron chi connectivity index (χ4n) is 3.84. The second-order valence-electron chi connectivity index (χ2n) is 7.90. The van der Waals surface area contributed by atoms with Crippen molar-refractivity contribution in [3.05, 3.63) is 96.1 Å². The van der Waals surface area contributed by atoms with Crippen LogP contribution < -0.4 is 20.4 Å². The summed E-state index contributed by atoms with van der Waals surface area (Å²) in [5, 5.41) is 5.81. The maximum absolute atomic E-state index is 13.0. The molecule has 0 fully saturated rings. The molecule has 1 heterocycles. The van der Waals surface area contributed by atoms with E-state index >= 15 is 0 Å². The van der Waals surface area contributed by atoms with E-state index in [0.29, 0.717) is 17.9 Å². The molecule has 0 aliphatic carbocycles. The molecule has 4 amide bonds. The van der Waals surface area contributed by atoms with Gasteiger partial charge in [0.25, 0.3) is 0 Å². The minimum Gasteiger partial charge on any atom is -0.348 e. The molecule has 0 spiro atoms. The molecule has 0 saturated carbocycles. The van der Waals surface area contributed by atoms with E-state index in [2.05, 4.69) is 10.6 Å². The Bertz CT molecular complexity index is 1130. The van der Waals surface area contributed by atoms with Crippen LogP contribution in [0.25, 0.3) is 0 Å². The number of hydrogen-bond donors (Lipinski definition) is 2. The van der Waals surface area contributed by atoms with Gasteiger partial charge in [0.15, 0.2) is 0 Å². The van der Waals surface area contributed by atoms with E-state index in [1.165, 1.54) is 9.80 Å². The molecule has 168 valence electrons. The number of nitrogens with zero attached hydrogens (tertiary/aromatic N) is 2. The van der Waals surface area contributed by atoms with E-state index < -0.39 is 0 Å². The van der Waals surface area contributed by atoms with Crippen LogP contribution in [0.2, 0.25) is 0 Å². The van der Waals surface area contributed by atoms with Crippen molar-refractivity contribution in [2.24, 2.45) is 0 Å². The Balaban J connectivity index is 1.46. The maximum Gasteiger partial charge on any atom is 0.322 e. The zero-order chi connectivity index (χ0) is 23.2. The molecule has 0 bridgehead atoms. The van der Waals surface area contributed by atoms with Crippen LogP contribution in [0.1, 0.15) is 24.1 Å². The number of amides is 4. The molecule has 7 heteroatoms. The lowest BCUT2D eigenvalue weighted by atomic mass is 10.1. The quantitative estimate of drug-likeness (QED) is 0.612. The minimum absolute atomic E-state index is 0.119. The Morgan fingerprint density at radius 1 is 0.879 bits per heavy atom. The van der Waals surface area contributed by atoms with Gasteiger partial charge in [-0.05, 0) is 30.2 Å². The van der Waals surface area contributed by atoms with Crippen molar-refractivity contribution in [1.29, 1.82) is 0 Å². The van der Waals surface area contributed by atoms with E-state index in [0.717, 1.165) is 11.1 Å². The fraction of sp³-hybridized carbons (Fsp3) is 0.192. The third kappa shape index (κ3) is 5.20. The van der Waals surface area contributed by atoms with Crippen LogP contribution in [-0.2, 0) is 16.1 Å². The van der Waals surface area contributed by atoms with Crippen LogP contribution >= 0.6 is 0 Å². The monoisotopic (exact) mass is 442 g/mol. The number of benzene rings is 3. The standard InChI is InChI=1S/C26H26N4O3/c1-19(21-12-6-3-7-13-21)28-24(31)17-29-22-14-8-9-15-23(22)30(18-25(29)32)26(33)27-16-20-10-4-2-5-11-20/h2-15,19H,16-18H2,1H3,(H,27,33)(H,28,31). The number of anilines is 2. The van der Waals surface area contributed by atoms with Gasteiger partial charge in [-0.2, -0.15) is 0 Å². The molecule has 1 aliphatic heterocycles. The molecule has 4 rings (SSSR count). The Labute approximate surface area is 193 Å². The first-order valence-electron chi connectivity index (χ1n) is 10.9. The summed E-state index contributed by atoms with van der Waals surface area (Å²) in [4.78, 5) is 41.4. The number of carbonyl (C=O) groups is 3. The van der Waals surface area contributed by atoms with Gasteiger partial charge in [-0.3, -0.25) is 19.4 Å². The second-order valence-corrected chi connectivity index (χ2v) is 7.90. The van der Waals surface area contributed by atoms with Crippen molar-refractivity contribution in [2.45, 2.75) is 19.5 Å². The van der Waals surface area contributed by atoms with Crippen LogP contribution in [0.4, 0.5) is 16.2 Å². The lowest BCUT2D eigenvalue weighted by Gasteiger charge is -2.35. The van der Waals surface area contributed by atoms with Gasteiger partial charge in [0, 0.05) is 6.54 Å². The predicted molar refractivity (Wildman–Crippen MR) is 128 cm³/mol. The predicted octanol–water partition coefficient (Wildman–Crippen LogP) is 3.63. The van der Waals surface area contributed by atoms with Crippen molar-refractivity contribution >= 4 is 29.2 Å². The van der Waals surface area contributed by atoms with Crippen molar-refractivity contribution in [1.82, 2.24) is 10.6 Å². The molecular formula is C26H26N4O3. The number of urea groups is 1. The Hall–Kier alpha value is -4.13. The Kier molecular flexibility index (Phi) is 6.69. The highest BCUT2D eigenvalue weighted by molar-refractivity contribution is 6.12. The maximum atomic E-state index is 13.0. The van der Waals surface area contributed by atoms with Gasteiger partial charge in [-0.25, -0.2) is 4.79 Å². The molecule has 0 aromatic heterocycles. The van der Waals surface area contributed by atoms with Crippen LogP contribution in [0.15, 0.2) is 84.9 Å². The van der Waals surface area contributed by atoms with Gasteiger partial charge in [0.2, 0.25) is 11.8 Å². The molecule has 3 aromatic carbocycles. The third-order valence-electron chi connectivity index (χ3n) is 5.57. The summed E-state index contributed by atoms with van der Waals surface area (Å²) >= 11 is 0. The number of fused-ring (bicyclic) bond motifs is 1. The molecule has 2 N–H and O–H groups in total. The number of hydrogen-bond acceptors (Lipinski definition) is 3. The van der Waals surface area contributed by atoms with Crippen molar-refractivity contribution < 1.29 is 14.4 Å². The van der Waals surface area contributed by atoms with E-state index in [9.17, 15) is 14.4 Å². The molecule has 1 unspecified atom stereocenters. The molecule has 1 atom stereocenters. The molecular weight excluding hydrogens is 416 g/mol. The zero-order valence-corrected chi connectivity index (χ0v) is 18.4. The van der Waals surface area contributed by atoms with E-state index in [4.69, 9.17) is 0 Å². The first kappa shape index (κ1) is 22.1. The number of nitrogens with one attached hydrogen (secondary N) is 2. The molecule has 7 nitrogen and oxygen atoms in total. The Morgan fingerprint density at radius 3 is 2.18 bits per heavy atom. The summed E-state index contributed by atoms with van der Waals surface area (Å²) in [6.45, 7) is 2.00. The summed E-state index contributed by atoms with van der Waals surface area (Å²) in [6.07, 6.45) is 0. The normalized spacial score (nSPS) is 13.8. The summed E-state index contributed by atoms with van der Waals surface area (Å²) in [5.41, 5.74) is 3.07. The summed E-state index contributed by atoms with van der Waals surface area (Å²) in [6, 6.07) is 25.8. The van der Waals surface area contributed by atoms with Crippen LogP contribution in [0.5, 0.6) is 0 Å². The fourth-order valence-corrected chi connectivity index (χ4v) is 3.84. The van der Waals surface area contributed by atoms with Crippen LogP contribution in [-0.4, -0.2) is 30.9 Å². The summed E-state index contributed by atoms with van der Waals surface area (Å²) in [7, 11) is 0. The number of carbonyl (C=O) groups excluding carboxylic acids is 3. The van der Waals surface area contributed by atoms with Gasteiger partial charge < -0.3 is 10.6 Å². The summed E-state index contributed by atoms with van der Waals surface area (Å²) < 4.78 is 0. The van der Waals surface area contributed by atoms with Gasteiger partial charge in [0.1, 0.15) is 13.1 Å². The summed E-state index contributed by atoms with van der Waals surface area (Å²) in [5.74, 6) is -0.581. The van der Waals surface area contributed by atoms with E-state index in [1.807, 2.05) is 73.7 Å². The minimum atomic E-state index is -0.360. The van der Waals surface area contributed by atoms with Crippen LogP contribution in [0, 0.1) is 0 Å². The lowest BCUT2D eigenvalue weighted by molar-refractivity contribution is -0.123. The van der Waals surface area contributed by atoms with Gasteiger partial charge in [-0.1, -0.05) is 72.8 Å². The van der Waals surface area contributed by atoms with Gasteiger partial charge in [-0.15, -0.1) is 0 Å². The molecule has 1 aliphatic rings. The topological polar surface area (TPSA) is 81.8 Å². The lowest BCUT2D eigenvalue weighted by Crippen LogP contribution is -2.53. The molecule has 0 radical (unpaired) electrons. The highest BCUT2D eigenvalue weighted by Crippen LogP contribution is 2.33. The SMILES string of the molecule is CC(NC(=O)CN1C(=O)CN(C(=O)NCc2ccccc2)c2ccccc21)c1ccccc1. The first-order chi connectivity index (χ1) is 16.0. The largest absolute Gasteiger partial charge is 0.348 e.